The zero-order chi connectivity index (χ0) is 16.1. The molecule has 3 rings (SSSR count). The lowest BCUT2D eigenvalue weighted by Crippen LogP contribution is -2.36. The lowest BCUT2D eigenvalue weighted by atomic mass is 9.94. The van der Waals surface area contributed by atoms with Crippen LogP contribution in [-0.2, 0) is 0 Å². The van der Waals surface area contributed by atoms with Crippen LogP contribution < -0.4 is 5.32 Å². The molecule has 23 heavy (non-hydrogen) atoms. The van der Waals surface area contributed by atoms with Crippen molar-refractivity contribution in [3.05, 3.63) is 36.0 Å². The zero-order valence-electron chi connectivity index (χ0n) is 13.8. The van der Waals surface area contributed by atoms with Crippen LogP contribution in [0.3, 0.4) is 0 Å². The topological polar surface area (TPSA) is 52.0 Å². The number of rotatable bonds is 5. The van der Waals surface area contributed by atoms with E-state index in [1.54, 1.807) is 6.20 Å². The van der Waals surface area contributed by atoms with Gasteiger partial charge in [0.2, 0.25) is 0 Å². The molecule has 0 saturated heterocycles. The number of benzene rings is 1. The van der Waals surface area contributed by atoms with Crippen LogP contribution in [-0.4, -0.2) is 36.1 Å². The number of pyridine rings is 1. The maximum atomic E-state index is 9.35. The van der Waals surface area contributed by atoms with E-state index in [9.17, 15) is 5.26 Å². The van der Waals surface area contributed by atoms with Crippen molar-refractivity contribution in [2.24, 2.45) is 0 Å². The molecule has 4 nitrogen and oxygen atoms in total. The van der Waals surface area contributed by atoms with Gasteiger partial charge in [-0.3, -0.25) is 4.98 Å². The Bertz CT molecular complexity index is 698. The third-order valence-corrected chi connectivity index (χ3v) is 4.86. The number of hydrogen-bond acceptors (Lipinski definition) is 4. The minimum absolute atomic E-state index is 0.615. The quantitative estimate of drug-likeness (QED) is 0.913. The molecule has 1 saturated carbocycles. The molecule has 0 unspecified atom stereocenters. The summed E-state index contributed by atoms with van der Waals surface area (Å²) >= 11 is 0. The normalized spacial score (nSPS) is 15.7. The number of nitrogens with zero attached hydrogens (tertiary/aromatic N) is 3. The Morgan fingerprint density at radius 1 is 1.26 bits per heavy atom. The molecule has 1 aliphatic rings. The molecule has 1 N–H and O–H groups in total. The molecule has 0 radical (unpaired) electrons. The first-order valence-corrected chi connectivity index (χ1v) is 8.51. The van der Waals surface area contributed by atoms with Crippen molar-refractivity contribution >= 4 is 16.6 Å². The molecule has 120 valence electrons. The van der Waals surface area contributed by atoms with Crippen LogP contribution in [0.4, 0.5) is 5.69 Å². The van der Waals surface area contributed by atoms with Gasteiger partial charge < -0.3 is 10.2 Å². The molecular weight excluding hydrogens is 284 g/mol. The number of aromatic nitrogens is 1. The van der Waals surface area contributed by atoms with Crippen molar-refractivity contribution in [3.63, 3.8) is 0 Å². The lowest BCUT2D eigenvalue weighted by Gasteiger charge is -2.31. The molecule has 0 atom stereocenters. The van der Waals surface area contributed by atoms with Crippen LogP contribution in [0.5, 0.6) is 0 Å². The molecule has 0 bridgehead atoms. The summed E-state index contributed by atoms with van der Waals surface area (Å²) in [6, 6.07) is 10.9. The third kappa shape index (κ3) is 3.62. The second-order valence-electron chi connectivity index (χ2n) is 6.38. The van der Waals surface area contributed by atoms with Crippen molar-refractivity contribution in [1.29, 1.82) is 5.26 Å². The molecule has 1 heterocycles. The van der Waals surface area contributed by atoms with Gasteiger partial charge in [0.25, 0.3) is 0 Å². The summed E-state index contributed by atoms with van der Waals surface area (Å²) in [5.41, 5.74) is 2.45. The predicted molar refractivity (Wildman–Crippen MR) is 94.5 cm³/mol. The van der Waals surface area contributed by atoms with Gasteiger partial charge in [-0.15, -0.1) is 0 Å². The second-order valence-corrected chi connectivity index (χ2v) is 6.38. The molecule has 1 aromatic heterocycles. The smallest absolute Gasteiger partial charge is 0.103 e. The van der Waals surface area contributed by atoms with Crippen LogP contribution in [0, 0.1) is 11.3 Å². The fourth-order valence-electron chi connectivity index (χ4n) is 3.48. The van der Waals surface area contributed by atoms with E-state index in [1.165, 1.54) is 32.1 Å². The van der Waals surface area contributed by atoms with E-state index < -0.39 is 0 Å². The summed E-state index contributed by atoms with van der Waals surface area (Å²) in [4.78, 5) is 6.82. The van der Waals surface area contributed by atoms with Gasteiger partial charge in [-0.2, -0.15) is 5.26 Å². The van der Waals surface area contributed by atoms with E-state index >= 15 is 0 Å². The van der Waals surface area contributed by atoms with E-state index in [1.807, 2.05) is 24.3 Å². The molecule has 1 fully saturated rings. The average Bonchev–Trinajstić information content (AvgIpc) is 2.62. The summed E-state index contributed by atoms with van der Waals surface area (Å²) in [6.07, 6.45) is 8.40. The molecule has 0 amide bonds. The van der Waals surface area contributed by atoms with Gasteiger partial charge in [-0.1, -0.05) is 37.5 Å². The fraction of sp³-hybridized carbons (Fsp3) is 0.474. The van der Waals surface area contributed by atoms with Crippen LogP contribution in [0.25, 0.3) is 10.9 Å². The molecular formula is C19H24N4. The summed E-state index contributed by atoms with van der Waals surface area (Å²) < 4.78 is 0. The zero-order valence-corrected chi connectivity index (χ0v) is 13.8. The Kier molecular flexibility index (Phi) is 5.09. The van der Waals surface area contributed by atoms with Crippen LogP contribution in [0.2, 0.25) is 0 Å². The number of fused-ring (bicyclic) bond motifs is 1. The van der Waals surface area contributed by atoms with Gasteiger partial charge >= 0.3 is 0 Å². The first kappa shape index (κ1) is 15.8. The largest absolute Gasteiger partial charge is 0.382 e. The van der Waals surface area contributed by atoms with Gasteiger partial charge in [0.1, 0.15) is 6.07 Å². The molecule has 0 aliphatic heterocycles. The Balaban J connectivity index is 1.68. The van der Waals surface area contributed by atoms with Crippen molar-refractivity contribution in [1.82, 2.24) is 9.88 Å². The van der Waals surface area contributed by atoms with E-state index in [2.05, 4.69) is 28.3 Å². The number of nitriles is 1. The van der Waals surface area contributed by atoms with Crippen LogP contribution in [0.15, 0.2) is 30.5 Å². The van der Waals surface area contributed by atoms with Gasteiger partial charge in [0, 0.05) is 30.7 Å². The van der Waals surface area contributed by atoms with Gasteiger partial charge in [0.05, 0.1) is 16.8 Å². The SMILES string of the molecule is CN(CCNc1c(C#N)cnc2ccccc12)C1CCCCC1. The summed E-state index contributed by atoms with van der Waals surface area (Å²) in [6.45, 7) is 1.84. The van der Waals surface area contributed by atoms with Crippen molar-refractivity contribution in [2.75, 3.05) is 25.5 Å². The maximum Gasteiger partial charge on any atom is 0.103 e. The molecule has 1 aliphatic carbocycles. The predicted octanol–water partition coefficient (Wildman–Crippen LogP) is 3.78. The van der Waals surface area contributed by atoms with E-state index in [-0.39, 0.29) is 0 Å². The fourth-order valence-corrected chi connectivity index (χ4v) is 3.48. The highest BCUT2D eigenvalue weighted by Crippen LogP contribution is 2.25. The van der Waals surface area contributed by atoms with Crippen molar-refractivity contribution in [2.45, 2.75) is 38.1 Å². The van der Waals surface area contributed by atoms with Crippen molar-refractivity contribution in [3.8, 4) is 6.07 Å². The van der Waals surface area contributed by atoms with Gasteiger partial charge in [-0.05, 0) is 26.0 Å². The summed E-state index contributed by atoms with van der Waals surface area (Å²) in [5.74, 6) is 0. The average molecular weight is 308 g/mol. The Morgan fingerprint density at radius 3 is 2.83 bits per heavy atom. The first-order valence-electron chi connectivity index (χ1n) is 8.51. The van der Waals surface area contributed by atoms with E-state index in [0.29, 0.717) is 5.56 Å². The van der Waals surface area contributed by atoms with Crippen LogP contribution >= 0.6 is 0 Å². The standard InChI is InChI=1S/C19H24N4/c1-23(16-7-3-2-4-8-16)12-11-21-19-15(13-20)14-22-18-10-6-5-9-17(18)19/h5-6,9-10,14,16H,2-4,7-8,11-12H2,1H3,(H,21,22). The molecule has 4 heteroatoms. The lowest BCUT2D eigenvalue weighted by molar-refractivity contribution is 0.198. The minimum atomic E-state index is 0.615. The number of nitrogens with one attached hydrogen (secondary N) is 1. The first-order chi connectivity index (χ1) is 11.3. The number of para-hydroxylation sites is 1. The van der Waals surface area contributed by atoms with Gasteiger partial charge in [-0.25, -0.2) is 0 Å². The molecule has 2 aromatic rings. The number of likely N-dealkylation sites (N-methyl/N-ethyl adjacent to an activating group) is 1. The molecule has 0 spiro atoms. The second kappa shape index (κ2) is 7.43. The Labute approximate surface area is 138 Å². The highest BCUT2D eigenvalue weighted by molar-refractivity contribution is 5.93. The van der Waals surface area contributed by atoms with Crippen LogP contribution in [0.1, 0.15) is 37.7 Å². The monoisotopic (exact) mass is 308 g/mol. The minimum Gasteiger partial charge on any atom is -0.382 e. The highest BCUT2D eigenvalue weighted by atomic mass is 15.1. The third-order valence-electron chi connectivity index (χ3n) is 4.86. The highest BCUT2D eigenvalue weighted by Gasteiger charge is 2.17. The summed E-state index contributed by atoms with van der Waals surface area (Å²) in [7, 11) is 2.22. The van der Waals surface area contributed by atoms with E-state index in [0.717, 1.165) is 35.7 Å². The Hall–Kier alpha value is -2.12. The molecule has 1 aromatic carbocycles. The number of hydrogen-bond donors (Lipinski definition) is 1. The maximum absolute atomic E-state index is 9.35. The Morgan fingerprint density at radius 2 is 2.04 bits per heavy atom. The van der Waals surface area contributed by atoms with E-state index in [4.69, 9.17) is 0 Å². The summed E-state index contributed by atoms with van der Waals surface area (Å²) in [5, 5.41) is 13.8. The van der Waals surface area contributed by atoms with Crippen molar-refractivity contribution < 1.29 is 0 Å². The van der Waals surface area contributed by atoms with Gasteiger partial charge in [0.15, 0.2) is 0 Å². The number of anilines is 1.